The second kappa shape index (κ2) is 4.10. The first-order chi connectivity index (χ1) is 4.96. The normalized spacial score (nSPS) is 17.8. The van der Waals surface area contributed by atoms with E-state index in [2.05, 4.69) is 6.92 Å². The Bertz CT molecular complexity index is 178. The Morgan fingerprint density at radius 3 is 2.00 bits per heavy atom. The summed E-state index contributed by atoms with van der Waals surface area (Å²) in [5, 5.41) is -0.517. The van der Waals surface area contributed by atoms with Gasteiger partial charge in [-0.3, -0.25) is 0 Å². The van der Waals surface area contributed by atoms with E-state index in [4.69, 9.17) is 0 Å². The summed E-state index contributed by atoms with van der Waals surface area (Å²) in [5.74, 6) is 0. The van der Waals surface area contributed by atoms with Gasteiger partial charge in [0.2, 0.25) is 0 Å². The van der Waals surface area contributed by atoms with Crippen LogP contribution in [0.5, 0.6) is 0 Å². The van der Waals surface area contributed by atoms with Gasteiger partial charge in [-0.1, -0.05) is 13.8 Å². The van der Waals surface area contributed by atoms with Gasteiger partial charge in [0.1, 0.15) is 0 Å². The van der Waals surface area contributed by atoms with E-state index in [9.17, 15) is 8.42 Å². The van der Waals surface area contributed by atoms with Crippen molar-refractivity contribution in [3.05, 3.63) is 6.92 Å². The maximum absolute atomic E-state index is 11.5. The average Bonchev–Trinajstić information content (AvgIpc) is 2.01. The Morgan fingerprint density at radius 1 is 1.27 bits per heavy atom. The zero-order valence-electron chi connectivity index (χ0n) is 7.50. The molecule has 0 bridgehead atoms. The molecule has 1 radical (unpaired) electrons. The second-order valence-corrected chi connectivity index (χ2v) is 5.69. The molecule has 0 heterocycles. The Labute approximate surface area is 69.9 Å². The fraction of sp³-hybridized carbons (Fsp3) is 0.875. The third kappa shape index (κ3) is 2.47. The van der Waals surface area contributed by atoms with Crippen LogP contribution in [-0.2, 0) is 9.84 Å². The molecule has 0 aromatic rings. The van der Waals surface area contributed by atoms with Gasteiger partial charge < -0.3 is 0 Å². The topological polar surface area (TPSA) is 34.1 Å². The van der Waals surface area contributed by atoms with Crippen LogP contribution < -0.4 is 0 Å². The van der Waals surface area contributed by atoms with E-state index < -0.39 is 9.84 Å². The first-order valence-electron chi connectivity index (χ1n) is 3.98. The minimum atomic E-state index is -2.90. The molecule has 2 atom stereocenters. The molecule has 0 rings (SSSR count). The molecule has 0 aromatic heterocycles. The van der Waals surface area contributed by atoms with E-state index in [1.165, 1.54) is 0 Å². The predicted octanol–water partition coefficient (Wildman–Crippen LogP) is 1.81. The lowest BCUT2D eigenvalue weighted by Crippen LogP contribution is -2.27. The van der Waals surface area contributed by atoms with Gasteiger partial charge in [-0.25, -0.2) is 8.42 Å². The molecule has 0 aliphatic heterocycles. The van der Waals surface area contributed by atoms with Gasteiger partial charge in [0.05, 0.1) is 10.5 Å². The summed E-state index contributed by atoms with van der Waals surface area (Å²) in [6.45, 7) is 8.94. The van der Waals surface area contributed by atoms with Crippen LogP contribution >= 0.6 is 0 Å². The van der Waals surface area contributed by atoms with Crippen molar-refractivity contribution in [3.63, 3.8) is 0 Å². The van der Waals surface area contributed by atoms with Crippen LogP contribution in [0.1, 0.15) is 33.6 Å². The number of hydrogen-bond donors (Lipinski definition) is 0. The smallest absolute Gasteiger partial charge is 0.155 e. The highest BCUT2D eigenvalue weighted by Crippen LogP contribution is 2.13. The molecule has 0 amide bonds. The van der Waals surface area contributed by atoms with Crippen molar-refractivity contribution in [1.29, 1.82) is 0 Å². The summed E-state index contributed by atoms with van der Waals surface area (Å²) in [5.41, 5.74) is 0. The summed E-state index contributed by atoms with van der Waals surface area (Å²) >= 11 is 0. The molecule has 0 aliphatic carbocycles. The van der Waals surface area contributed by atoms with E-state index in [0.717, 1.165) is 0 Å². The maximum atomic E-state index is 11.5. The minimum Gasteiger partial charge on any atom is -0.228 e. The van der Waals surface area contributed by atoms with Gasteiger partial charge in [-0.2, -0.15) is 0 Å². The Morgan fingerprint density at radius 2 is 1.73 bits per heavy atom. The summed E-state index contributed by atoms with van der Waals surface area (Å²) in [4.78, 5) is 0. The van der Waals surface area contributed by atoms with Crippen molar-refractivity contribution in [2.45, 2.75) is 44.1 Å². The fourth-order valence-electron chi connectivity index (χ4n) is 0.793. The molecule has 2 nitrogen and oxygen atoms in total. The van der Waals surface area contributed by atoms with Gasteiger partial charge in [0.15, 0.2) is 9.84 Å². The van der Waals surface area contributed by atoms with Crippen molar-refractivity contribution < 1.29 is 8.42 Å². The fourth-order valence-corrected chi connectivity index (χ4v) is 2.38. The molecule has 0 aromatic carbocycles. The zero-order chi connectivity index (χ0) is 9.07. The van der Waals surface area contributed by atoms with Crippen molar-refractivity contribution in [2.75, 3.05) is 0 Å². The van der Waals surface area contributed by atoms with E-state index >= 15 is 0 Å². The summed E-state index contributed by atoms with van der Waals surface area (Å²) in [6, 6.07) is 0. The highest BCUT2D eigenvalue weighted by atomic mass is 32.2. The SMILES string of the molecule is [CH2]CC(C)S(=O)(=O)C(C)CC. The van der Waals surface area contributed by atoms with E-state index in [1.54, 1.807) is 13.8 Å². The van der Waals surface area contributed by atoms with Gasteiger partial charge in [0, 0.05) is 0 Å². The van der Waals surface area contributed by atoms with Crippen LogP contribution in [0.4, 0.5) is 0 Å². The van der Waals surface area contributed by atoms with Gasteiger partial charge in [0.25, 0.3) is 0 Å². The molecule has 67 valence electrons. The van der Waals surface area contributed by atoms with Crippen molar-refractivity contribution in [1.82, 2.24) is 0 Å². The van der Waals surface area contributed by atoms with Crippen LogP contribution in [0, 0.1) is 6.92 Å². The largest absolute Gasteiger partial charge is 0.228 e. The number of rotatable bonds is 4. The number of hydrogen-bond acceptors (Lipinski definition) is 2. The molecule has 0 saturated carbocycles. The van der Waals surface area contributed by atoms with Crippen LogP contribution in [0.25, 0.3) is 0 Å². The van der Waals surface area contributed by atoms with E-state index in [-0.39, 0.29) is 10.5 Å². The molecular weight excluding hydrogens is 160 g/mol. The molecule has 0 spiro atoms. The van der Waals surface area contributed by atoms with Crippen LogP contribution in [0.15, 0.2) is 0 Å². The van der Waals surface area contributed by atoms with Crippen LogP contribution in [-0.4, -0.2) is 18.9 Å². The highest BCUT2D eigenvalue weighted by Gasteiger charge is 2.24. The Balaban J connectivity index is 4.46. The molecule has 3 heteroatoms. The third-order valence-electron chi connectivity index (χ3n) is 2.10. The lowest BCUT2D eigenvalue weighted by molar-refractivity contribution is 0.568. The maximum Gasteiger partial charge on any atom is 0.155 e. The van der Waals surface area contributed by atoms with E-state index in [0.29, 0.717) is 12.8 Å². The monoisotopic (exact) mass is 177 g/mol. The molecule has 0 saturated heterocycles. The van der Waals surface area contributed by atoms with Crippen LogP contribution in [0.2, 0.25) is 0 Å². The van der Waals surface area contributed by atoms with Gasteiger partial charge >= 0.3 is 0 Å². The lowest BCUT2D eigenvalue weighted by Gasteiger charge is -2.15. The van der Waals surface area contributed by atoms with Crippen molar-refractivity contribution in [3.8, 4) is 0 Å². The Hall–Kier alpha value is -0.0500. The van der Waals surface area contributed by atoms with Crippen LogP contribution in [0.3, 0.4) is 0 Å². The molecule has 0 N–H and O–H groups in total. The molecule has 11 heavy (non-hydrogen) atoms. The van der Waals surface area contributed by atoms with Gasteiger partial charge in [-0.05, 0) is 26.7 Å². The Kier molecular flexibility index (Phi) is 4.08. The number of sulfone groups is 1. The second-order valence-electron chi connectivity index (χ2n) is 2.91. The standard InChI is InChI=1S/C8H17O2S/c1-5-7(3)11(9,10)8(4)6-2/h7-8H,1,5-6H2,2-4H3. The predicted molar refractivity (Wildman–Crippen MR) is 48.1 cm³/mol. The minimum absolute atomic E-state index is 0.223. The lowest BCUT2D eigenvalue weighted by atomic mass is 10.4. The van der Waals surface area contributed by atoms with Gasteiger partial charge in [-0.15, -0.1) is 0 Å². The first-order valence-corrected chi connectivity index (χ1v) is 5.59. The highest BCUT2D eigenvalue weighted by molar-refractivity contribution is 7.92. The van der Waals surface area contributed by atoms with Crippen molar-refractivity contribution >= 4 is 9.84 Å². The van der Waals surface area contributed by atoms with E-state index in [1.807, 2.05) is 6.92 Å². The quantitative estimate of drug-likeness (QED) is 0.656. The average molecular weight is 177 g/mol. The first kappa shape index (κ1) is 11.0. The van der Waals surface area contributed by atoms with Crippen molar-refractivity contribution in [2.24, 2.45) is 0 Å². The molecule has 0 aliphatic rings. The molecule has 0 fully saturated rings. The third-order valence-corrected chi connectivity index (χ3v) is 4.92. The summed E-state index contributed by atoms with van der Waals surface area (Å²) in [6.07, 6.45) is 1.15. The summed E-state index contributed by atoms with van der Waals surface area (Å²) < 4.78 is 22.9. The molecular formula is C8H17O2S. The zero-order valence-corrected chi connectivity index (χ0v) is 8.32. The molecule has 2 unspecified atom stereocenters. The summed E-state index contributed by atoms with van der Waals surface area (Å²) in [7, 11) is -2.90.